The van der Waals surface area contributed by atoms with Gasteiger partial charge in [0.2, 0.25) is 0 Å². The minimum Gasteiger partial charge on any atom is -0.477 e. The summed E-state index contributed by atoms with van der Waals surface area (Å²) in [5.41, 5.74) is 5.94. The quantitative estimate of drug-likeness (QED) is 0.0780. The van der Waals surface area contributed by atoms with Gasteiger partial charge >= 0.3 is 21.6 Å². The lowest BCUT2D eigenvalue weighted by Crippen LogP contribution is -2.46. The van der Waals surface area contributed by atoms with Gasteiger partial charge in [0.15, 0.2) is 36.2 Å². The fraction of sp³-hybridized carbons (Fsp3) is 0.476. The zero-order valence-electron chi connectivity index (χ0n) is 22.1. The van der Waals surface area contributed by atoms with Crippen LogP contribution in [0.15, 0.2) is 37.2 Å². The van der Waals surface area contributed by atoms with Gasteiger partial charge in [-0.25, -0.2) is 28.9 Å². The Labute approximate surface area is 245 Å². The summed E-state index contributed by atoms with van der Waals surface area (Å²) in [6.07, 6.45) is -7.22. The molecule has 3 aromatic heterocycles. The van der Waals surface area contributed by atoms with E-state index in [0.717, 1.165) is 17.1 Å². The molecular weight excluding hydrogens is 638 g/mol. The van der Waals surface area contributed by atoms with Crippen LogP contribution in [0.4, 0.5) is 5.82 Å². The number of hydrogen-bond acceptors (Lipinski definition) is 16. The van der Waals surface area contributed by atoms with Gasteiger partial charge in [-0.05, 0) is 6.07 Å². The van der Waals surface area contributed by atoms with E-state index >= 15 is 0 Å². The van der Waals surface area contributed by atoms with E-state index in [9.17, 15) is 44.1 Å². The van der Waals surface area contributed by atoms with Gasteiger partial charge in [-0.2, -0.15) is 8.88 Å². The molecule has 2 fully saturated rings. The second-order valence-electron chi connectivity index (χ2n) is 9.63. The Hall–Kier alpha value is -3.01. The van der Waals surface area contributed by atoms with Gasteiger partial charge in [0.25, 0.3) is 6.23 Å². The number of carboxylic acids is 1. The molecule has 0 aromatic carbocycles. The van der Waals surface area contributed by atoms with Crippen LogP contribution in [0, 0.1) is 0 Å². The first kappa shape index (κ1) is 32.4. The van der Waals surface area contributed by atoms with E-state index in [4.69, 9.17) is 24.8 Å². The number of nitrogen functional groups attached to an aromatic ring is 1. The smallest absolute Gasteiger partial charge is 0.477 e. The van der Waals surface area contributed by atoms with Gasteiger partial charge in [0.1, 0.15) is 47.9 Å². The minimum absolute atomic E-state index is 0.0464. The number of fused-ring (bicyclic) bond motifs is 1. The number of carboxylic acid groups (broad SMARTS) is 1. The third-order valence-electron chi connectivity index (χ3n) is 6.71. The zero-order chi connectivity index (χ0) is 32.0. The molecule has 10 atom stereocenters. The monoisotopic (exact) mass is 665 g/mol. The maximum absolute atomic E-state index is 12.4. The van der Waals surface area contributed by atoms with E-state index in [0.29, 0.717) is 0 Å². The molecule has 0 amide bonds. The SMILES string of the molecule is Nc1ncnc2c1ncn2[C@@H]1O[C@H](COP(=O)(O)OP(=O)(O)OC[C@H]2OC([n+]3cccc(C(=O)O)c3)[C@H](O)[C@@H]2O)[C@@H](O)[C@H]1O. The van der Waals surface area contributed by atoms with Crippen LogP contribution in [-0.2, 0) is 32.0 Å². The van der Waals surface area contributed by atoms with Crippen molar-refractivity contribution in [3.63, 3.8) is 0 Å². The number of anilines is 1. The van der Waals surface area contributed by atoms with Crippen LogP contribution in [0.2, 0.25) is 0 Å². The number of carbonyl (C=O) groups is 1. The molecule has 0 bridgehead atoms. The van der Waals surface area contributed by atoms with Crippen LogP contribution in [-0.4, -0.2) is 111 Å². The van der Waals surface area contributed by atoms with Crippen molar-refractivity contribution in [2.45, 2.75) is 49.1 Å². The molecule has 23 heteroatoms. The van der Waals surface area contributed by atoms with Gasteiger partial charge in [-0.15, -0.1) is 0 Å². The average molecular weight is 665 g/mol. The van der Waals surface area contributed by atoms with Crippen LogP contribution in [0.25, 0.3) is 11.2 Å². The van der Waals surface area contributed by atoms with E-state index in [1.807, 2.05) is 0 Å². The molecule has 0 spiro atoms. The van der Waals surface area contributed by atoms with Crippen LogP contribution in [0.5, 0.6) is 0 Å². The number of phosphoric acid groups is 2. The molecule has 21 nitrogen and oxygen atoms in total. The van der Waals surface area contributed by atoms with E-state index in [-0.39, 0.29) is 22.5 Å². The Morgan fingerprint density at radius 2 is 1.61 bits per heavy atom. The van der Waals surface area contributed by atoms with Crippen molar-refractivity contribution in [3.05, 3.63) is 42.7 Å². The number of aliphatic hydroxyl groups excluding tert-OH is 4. The summed E-state index contributed by atoms with van der Waals surface area (Å²) in [5, 5.41) is 50.7. The van der Waals surface area contributed by atoms with Gasteiger partial charge in [-0.3, -0.25) is 13.6 Å². The summed E-state index contributed by atoms with van der Waals surface area (Å²) >= 11 is 0. The predicted molar refractivity (Wildman–Crippen MR) is 138 cm³/mol. The van der Waals surface area contributed by atoms with Crippen molar-refractivity contribution in [2.75, 3.05) is 18.9 Å². The first-order valence-electron chi connectivity index (χ1n) is 12.5. The Morgan fingerprint density at radius 3 is 2.27 bits per heavy atom. The number of phosphoric ester groups is 2. The van der Waals surface area contributed by atoms with E-state index in [1.165, 1.54) is 29.2 Å². The van der Waals surface area contributed by atoms with Crippen molar-refractivity contribution < 1.29 is 76.6 Å². The molecule has 5 heterocycles. The number of imidazole rings is 1. The third kappa shape index (κ3) is 6.65. The number of aliphatic hydroxyl groups is 4. The fourth-order valence-electron chi connectivity index (χ4n) is 4.56. The lowest BCUT2D eigenvalue weighted by atomic mass is 10.1. The number of aromatic nitrogens is 5. The molecule has 3 aromatic rings. The van der Waals surface area contributed by atoms with Crippen molar-refractivity contribution in [1.29, 1.82) is 0 Å². The summed E-state index contributed by atoms with van der Waals surface area (Å²) in [7, 11) is -10.8. The highest BCUT2D eigenvalue weighted by Gasteiger charge is 2.50. The molecular formula is C21H27N6O15P2+. The second-order valence-corrected chi connectivity index (χ2v) is 12.7. The average Bonchev–Trinajstić information content (AvgIpc) is 3.61. The molecule has 0 radical (unpaired) electrons. The van der Waals surface area contributed by atoms with Gasteiger partial charge in [-0.1, -0.05) is 0 Å². The summed E-state index contributed by atoms with van der Waals surface area (Å²) in [6.45, 7) is -1.83. The van der Waals surface area contributed by atoms with Crippen molar-refractivity contribution in [1.82, 2.24) is 19.5 Å². The summed E-state index contributed by atoms with van der Waals surface area (Å²) < 4.78 is 51.8. The maximum Gasteiger partial charge on any atom is 0.481 e. The van der Waals surface area contributed by atoms with E-state index in [1.54, 1.807) is 0 Å². The zero-order valence-corrected chi connectivity index (χ0v) is 23.9. The molecule has 0 aliphatic carbocycles. The topological polar surface area (TPSA) is 312 Å². The normalized spacial score (nSPS) is 31.6. The van der Waals surface area contributed by atoms with Crippen LogP contribution in [0.1, 0.15) is 22.8 Å². The molecule has 9 N–H and O–H groups in total. The van der Waals surface area contributed by atoms with Crippen LogP contribution < -0.4 is 10.3 Å². The van der Waals surface area contributed by atoms with Crippen molar-refractivity contribution >= 4 is 38.6 Å². The Balaban J connectivity index is 1.16. The van der Waals surface area contributed by atoms with E-state index < -0.39 is 83.9 Å². The summed E-state index contributed by atoms with van der Waals surface area (Å²) in [6, 6.07) is 2.63. The molecule has 5 rings (SSSR count). The first-order chi connectivity index (χ1) is 20.7. The lowest BCUT2D eigenvalue weighted by Gasteiger charge is -2.20. The Morgan fingerprint density at radius 1 is 0.977 bits per heavy atom. The van der Waals surface area contributed by atoms with Gasteiger partial charge < -0.3 is 50.5 Å². The Kier molecular flexibility index (Phi) is 9.13. The maximum atomic E-state index is 12.4. The first-order valence-corrected chi connectivity index (χ1v) is 15.5. The minimum atomic E-state index is -5.38. The highest BCUT2D eigenvalue weighted by atomic mass is 31.3. The number of rotatable bonds is 11. The number of nitrogens with zero attached hydrogens (tertiary/aromatic N) is 5. The van der Waals surface area contributed by atoms with Gasteiger partial charge in [0.05, 0.1) is 19.5 Å². The second kappa shape index (κ2) is 12.4. The highest BCUT2D eigenvalue weighted by molar-refractivity contribution is 7.61. The highest BCUT2D eigenvalue weighted by Crippen LogP contribution is 2.60. The molecule has 44 heavy (non-hydrogen) atoms. The number of aromatic carboxylic acids is 1. The standard InChI is InChI=1S/C21H26N6O15P2/c22-17-12-18(24-7-23-17)27(8-25-12)20-16(31)14(29)11(41-20)6-39-44(36,37)42-43(34,35)38-5-10-13(28)15(30)19(40-10)26-3-1-2-9(4-26)21(32)33/h1-4,7-8,10-11,13-16,19-20,28-31H,5-6H2,(H4-,22,23,24,32,33,34,35,36,37)/p+1/t10-,11-,13-,14-,15-,16-,19?,20-/m1/s1. The molecule has 2 aliphatic heterocycles. The number of pyridine rings is 1. The lowest BCUT2D eigenvalue weighted by molar-refractivity contribution is -0.765. The summed E-state index contributed by atoms with van der Waals surface area (Å²) in [4.78, 5) is 43.1. The summed E-state index contributed by atoms with van der Waals surface area (Å²) in [5.74, 6) is -1.22. The predicted octanol–water partition coefficient (Wildman–Crippen LogP) is -2.42. The Bertz CT molecular complexity index is 1630. The largest absolute Gasteiger partial charge is 0.481 e. The molecule has 0 saturated carbocycles. The number of hydrogen-bond donors (Lipinski definition) is 8. The van der Waals surface area contributed by atoms with Crippen molar-refractivity contribution in [3.8, 4) is 0 Å². The molecule has 2 saturated heterocycles. The molecule has 3 unspecified atom stereocenters. The van der Waals surface area contributed by atoms with Crippen molar-refractivity contribution in [2.24, 2.45) is 0 Å². The molecule has 2 aliphatic rings. The van der Waals surface area contributed by atoms with Crippen LogP contribution >= 0.6 is 15.6 Å². The molecule has 240 valence electrons. The van der Waals surface area contributed by atoms with E-state index in [2.05, 4.69) is 23.8 Å². The number of ether oxygens (including phenoxy) is 2. The fourth-order valence-corrected chi connectivity index (χ4v) is 6.65. The third-order valence-corrected chi connectivity index (χ3v) is 9.31. The van der Waals surface area contributed by atoms with Gasteiger partial charge in [0, 0.05) is 6.07 Å². The number of nitrogens with two attached hydrogens (primary N) is 1. The van der Waals surface area contributed by atoms with Crippen LogP contribution in [0.3, 0.4) is 0 Å².